The van der Waals surface area contributed by atoms with Crippen LogP contribution in [0.5, 0.6) is 11.6 Å². The molecule has 0 fully saturated rings. The topological polar surface area (TPSA) is 47.9 Å². The van der Waals surface area contributed by atoms with Crippen molar-refractivity contribution in [1.29, 1.82) is 0 Å². The van der Waals surface area contributed by atoms with E-state index in [0.717, 1.165) is 22.8 Å². The van der Waals surface area contributed by atoms with Crippen molar-refractivity contribution in [3.8, 4) is 22.9 Å². The lowest BCUT2D eigenvalue weighted by atomic mass is 10.2. The van der Waals surface area contributed by atoms with Gasteiger partial charge in [-0.3, -0.25) is 0 Å². The van der Waals surface area contributed by atoms with Crippen molar-refractivity contribution >= 4 is 0 Å². The molecular formula is C16H13N3O. The van der Waals surface area contributed by atoms with Crippen molar-refractivity contribution in [1.82, 2.24) is 15.0 Å². The Balaban J connectivity index is 1.90. The maximum absolute atomic E-state index is 5.72. The van der Waals surface area contributed by atoms with Gasteiger partial charge < -0.3 is 4.74 Å². The number of aromatic nitrogens is 3. The fraction of sp³-hybridized carbons (Fsp3) is 0.0625. The van der Waals surface area contributed by atoms with Crippen LogP contribution in [0.4, 0.5) is 0 Å². The van der Waals surface area contributed by atoms with Gasteiger partial charge in [0.1, 0.15) is 11.6 Å². The van der Waals surface area contributed by atoms with Gasteiger partial charge in [-0.2, -0.15) is 0 Å². The molecule has 0 bridgehead atoms. The Bertz CT molecular complexity index is 714. The molecule has 3 rings (SSSR count). The lowest BCUT2D eigenvalue weighted by Gasteiger charge is -2.06. The minimum absolute atomic E-state index is 0.546. The SMILES string of the molecule is Cc1nccc(-c2ccnc(Oc3ccccc3)c2)n1. The van der Waals surface area contributed by atoms with E-state index in [2.05, 4.69) is 15.0 Å². The molecule has 4 heteroatoms. The van der Waals surface area contributed by atoms with Crippen LogP contribution in [0.3, 0.4) is 0 Å². The lowest BCUT2D eigenvalue weighted by molar-refractivity contribution is 0.463. The second kappa shape index (κ2) is 5.48. The summed E-state index contributed by atoms with van der Waals surface area (Å²) in [6.07, 6.45) is 3.46. The maximum atomic E-state index is 5.72. The van der Waals surface area contributed by atoms with Crippen molar-refractivity contribution in [2.45, 2.75) is 6.92 Å². The van der Waals surface area contributed by atoms with Crippen LogP contribution in [0.2, 0.25) is 0 Å². The van der Waals surface area contributed by atoms with Gasteiger partial charge in [0, 0.05) is 24.0 Å². The predicted octanol–water partition coefficient (Wildman–Crippen LogP) is 3.64. The summed E-state index contributed by atoms with van der Waals surface area (Å²) in [6, 6.07) is 15.2. The number of aryl methyl sites for hydroxylation is 1. The largest absolute Gasteiger partial charge is 0.439 e. The summed E-state index contributed by atoms with van der Waals surface area (Å²) in [5.74, 6) is 2.05. The molecule has 3 aromatic rings. The molecule has 0 saturated carbocycles. The molecule has 0 amide bonds. The van der Waals surface area contributed by atoms with Crippen LogP contribution in [0, 0.1) is 6.92 Å². The van der Waals surface area contributed by atoms with Crippen molar-refractivity contribution < 1.29 is 4.74 Å². The number of hydrogen-bond donors (Lipinski definition) is 0. The van der Waals surface area contributed by atoms with Gasteiger partial charge in [-0.1, -0.05) is 18.2 Å². The van der Waals surface area contributed by atoms with E-state index in [1.807, 2.05) is 55.5 Å². The molecule has 0 atom stereocenters. The molecule has 0 N–H and O–H groups in total. The van der Waals surface area contributed by atoms with E-state index in [4.69, 9.17) is 4.74 Å². The van der Waals surface area contributed by atoms with E-state index < -0.39 is 0 Å². The average Bonchev–Trinajstić information content (AvgIpc) is 2.49. The van der Waals surface area contributed by atoms with E-state index in [1.165, 1.54) is 0 Å². The van der Waals surface area contributed by atoms with Crippen molar-refractivity contribution in [3.05, 3.63) is 66.7 Å². The summed E-state index contributed by atoms with van der Waals surface area (Å²) in [5, 5.41) is 0. The van der Waals surface area contributed by atoms with E-state index in [9.17, 15) is 0 Å². The molecule has 0 aliphatic heterocycles. The zero-order valence-corrected chi connectivity index (χ0v) is 11.0. The third kappa shape index (κ3) is 2.80. The summed E-state index contributed by atoms with van der Waals surface area (Å²) in [5.41, 5.74) is 1.81. The first kappa shape index (κ1) is 12.3. The highest BCUT2D eigenvalue weighted by atomic mass is 16.5. The number of pyridine rings is 1. The van der Waals surface area contributed by atoms with Gasteiger partial charge in [0.25, 0.3) is 0 Å². The Morgan fingerprint density at radius 2 is 1.70 bits per heavy atom. The highest BCUT2D eigenvalue weighted by Crippen LogP contribution is 2.23. The minimum atomic E-state index is 0.546. The second-order valence-corrected chi connectivity index (χ2v) is 4.29. The Labute approximate surface area is 117 Å². The van der Waals surface area contributed by atoms with Gasteiger partial charge in [-0.05, 0) is 31.2 Å². The Morgan fingerprint density at radius 3 is 2.50 bits per heavy atom. The van der Waals surface area contributed by atoms with Gasteiger partial charge in [0.05, 0.1) is 5.69 Å². The molecule has 2 aromatic heterocycles. The third-order valence-electron chi connectivity index (χ3n) is 2.77. The molecule has 0 aliphatic rings. The third-order valence-corrected chi connectivity index (χ3v) is 2.77. The monoisotopic (exact) mass is 263 g/mol. The highest BCUT2D eigenvalue weighted by molar-refractivity contribution is 5.59. The summed E-state index contributed by atoms with van der Waals surface area (Å²) in [6.45, 7) is 1.87. The Hall–Kier alpha value is -2.75. The van der Waals surface area contributed by atoms with Crippen molar-refractivity contribution in [3.63, 3.8) is 0 Å². The van der Waals surface area contributed by atoms with E-state index in [-0.39, 0.29) is 0 Å². The molecule has 1 aromatic carbocycles. The molecular weight excluding hydrogens is 250 g/mol. The lowest BCUT2D eigenvalue weighted by Crippen LogP contribution is -1.92. The van der Waals surface area contributed by atoms with Gasteiger partial charge in [0.2, 0.25) is 5.88 Å². The minimum Gasteiger partial charge on any atom is -0.439 e. The zero-order valence-electron chi connectivity index (χ0n) is 11.0. The van der Waals surface area contributed by atoms with Gasteiger partial charge in [-0.25, -0.2) is 15.0 Å². The molecule has 20 heavy (non-hydrogen) atoms. The highest BCUT2D eigenvalue weighted by Gasteiger charge is 2.04. The molecule has 4 nitrogen and oxygen atoms in total. The van der Waals surface area contributed by atoms with Crippen LogP contribution in [0.1, 0.15) is 5.82 Å². The molecule has 2 heterocycles. The average molecular weight is 263 g/mol. The predicted molar refractivity (Wildman–Crippen MR) is 76.5 cm³/mol. The van der Waals surface area contributed by atoms with E-state index >= 15 is 0 Å². The number of para-hydroxylation sites is 1. The molecule has 0 spiro atoms. The Morgan fingerprint density at radius 1 is 0.900 bits per heavy atom. The Kier molecular flexibility index (Phi) is 3.37. The van der Waals surface area contributed by atoms with Crippen LogP contribution in [-0.2, 0) is 0 Å². The zero-order chi connectivity index (χ0) is 13.8. The second-order valence-electron chi connectivity index (χ2n) is 4.29. The summed E-state index contributed by atoms with van der Waals surface area (Å²) < 4.78 is 5.72. The van der Waals surface area contributed by atoms with E-state index in [0.29, 0.717) is 5.88 Å². The first-order valence-corrected chi connectivity index (χ1v) is 6.30. The normalized spacial score (nSPS) is 10.2. The van der Waals surface area contributed by atoms with Crippen LogP contribution < -0.4 is 4.74 Å². The smallest absolute Gasteiger partial charge is 0.219 e. The number of benzene rings is 1. The van der Waals surface area contributed by atoms with Crippen LogP contribution in [0.25, 0.3) is 11.3 Å². The van der Waals surface area contributed by atoms with E-state index in [1.54, 1.807) is 12.4 Å². The quantitative estimate of drug-likeness (QED) is 0.723. The molecule has 0 saturated heterocycles. The summed E-state index contributed by atoms with van der Waals surface area (Å²) in [4.78, 5) is 12.7. The molecule has 0 unspecified atom stereocenters. The first-order valence-electron chi connectivity index (χ1n) is 6.30. The molecule has 98 valence electrons. The number of ether oxygens (including phenoxy) is 1. The van der Waals surface area contributed by atoms with Crippen LogP contribution >= 0.6 is 0 Å². The van der Waals surface area contributed by atoms with Crippen molar-refractivity contribution in [2.24, 2.45) is 0 Å². The number of hydrogen-bond acceptors (Lipinski definition) is 4. The fourth-order valence-electron chi connectivity index (χ4n) is 1.85. The van der Waals surface area contributed by atoms with Gasteiger partial charge in [-0.15, -0.1) is 0 Å². The van der Waals surface area contributed by atoms with Gasteiger partial charge >= 0.3 is 0 Å². The van der Waals surface area contributed by atoms with Crippen LogP contribution in [0.15, 0.2) is 60.9 Å². The molecule has 0 aliphatic carbocycles. The number of nitrogens with zero attached hydrogens (tertiary/aromatic N) is 3. The van der Waals surface area contributed by atoms with Crippen LogP contribution in [-0.4, -0.2) is 15.0 Å². The van der Waals surface area contributed by atoms with Gasteiger partial charge in [0.15, 0.2) is 0 Å². The first-order chi connectivity index (χ1) is 9.81. The summed E-state index contributed by atoms with van der Waals surface area (Å²) >= 11 is 0. The number of rotatable bonds is 3. The molecule has 0 radical (unpaired) electrons. The fourth-order valence-corrected chi connectivity index (χ4v) is 1.85. The maximum Gasteiger partial charge on any atom is 0.219 e. The van der Waals surface area contributed by atoms with Crippen molar-refractivity contribution in [2.75, 3.05) is 0 Å². The standard InChI is InChI=1S/C16H13N3O/c1-12-17-10-8-15(19-12)13-7-9-18-16(11-13)20-14-5-3-2-4-6-14/h2-11H,1H3. The summed E-state index contributed by atoms with van der Waals surface area (Å²) in [7, 11) is 0.